The predicted molar refractivity (Wildman–Crippen MR) is 61.8 cm³/mol. The Balaban J connectivity index is 3.84. The van der Waals surface area contributed by atoms with Crippen molar-refractivity contribution in [3.63, 3.8) is 0 Å². The molecule has 0 rings (SSSR count). The summed E-state index contributed by atoms with van der Waals surface area (Å²) in [5.74, 6) is -1.18. The topological polar surface area (TPSA) is 76.1 Å². The number of aliphatic carboxylic acids is 1. The Morgan fingerprint density at radius 1 is 1.24 bits per heavy atom. The van der Waals surface area contributed by atoms with E-state index in [1.165, 1.54) is 4.90 Å². The Morgan fingerprint density at radius 3 is 2.47 bits per heavy atom. The molecule has 0 radical (unpaired) electrons. The lowest BCUT2D eigenvalue weighted by Gasteiger charge is -2.19. The van der Waals surface area contributed by atoms with E-state index in [2.05, 4.69) is 0 Å². The summed E-state index contributed by atoms with van der Waals surface area (Å²) in [5, 5.41) is 8.66. The van der Waals surface area contributed by atoms with Gasteiger partial charge in [-0.25, -0.2) is 0 Å². The molecule has 0 bridgehead atoms. The van der Waals surface area contributed by atoms with Crippen LogP contribution < -0.4 is 0 Å². The number of carboxylic acids is 1. The molecule has 0 aromatic carbocycles. The zero-order valence-electron chi connectivity index (χ0n) is 10.5. The molecule has 0 atom stereocenters. The van der Waals surface area contributed by atoms with Gasteiger partial charge >= 0.3 is 5.97 Å². The first-order valence-electron chi connectivity index (χ1n) is 5.68. The maximum absolute atomic E-state index is 11.7. The molecule has 1 N–H and O–H groups in total. The summed E-state index contributed by atoms with van der Waals surface area (Å²) in [5.41, 5.74) is 0. The molecule has 0 aromatic heterocycles. The van der Waals surface area contributed by atoms with Gasteiger partial charge in [-0.3, -0.25) is 9.59 Å². The second-order valence-electron chi connectivity index (χ2n) is 3.56. The highest BCUT2D eigenvalue weighted by Gasteiger charge is 2.15. The minimum atomic E-state index is -0.993. The van der Waals surface area contributed by atoms with Crippen LogP contribution in [0.1, 0.15) is 19.8 Å². The van der Waals surface area contributed by atoms with Crippen LogP contribution in [-0.2, 0) is 19.1 Å². The fourth-order valence-corrected chi connectivity index (χ4v) is 1.29. The highest BCUT2D eigenvalue weighted by Crippen LogP contribution is 1.97. The second kappa shape index (κ2) is 10.0. The van der Waals surface area contributed by atoms with Crippen LogP contribution in [0.4, 0.5) is 0 Å². The SMILES string of the molecule is CCCN(CC(=O)O)C(=O)CCOCCOC. The van der Waals surface area contributed by atoms with Crippen molar-refractivity contribution in [1.29, 1.82) is 0 Å². The number of nitrogens with zero attached hydrogens (tertiary/aromatic N) is 1. The number of hydrogen-bond acceptors (Lipinski definition) is 4. The Kier molecular flexibility index (Phi) is 9.37. The van der Waals surface area contributed by atoms with Crippen LogP contribution in [0, 0.1) is 0 Å². The quantitative estimate of drug-likeness (QED) is 0.564. The van der Waals surface area contributed by atoms with Crippen molar-refractivity contribution in [2.75, 3.05) is 40.0 Å². The molecule has 0 aromatic rings. The average Bonchev–Trinajstić information content (AvgIpc) is 2.27. The molecule has 0 unspecified atom stereocenters. The molecule has 100 valence electrons. The van der Waals surface area contributed by atoms with Crippen molar-refractivity contribution in [2.45, 2.75) is 19.8 Å². The Morgan fingerprint density at radius 2 is 1.94 bits per heavy atom. The molecule has 0 saturated heterocycles. The van der Waals surface area contributed by atoms with Crippen LogP contribution >= 0.6 is 0 Å². The van der Waals surface area contributed by atoms with Crippen LogP contribution in [0.25, 0.3) is 0 Å². The zero-order chi connectivity index (χ0) is 13.1. The Labute approximate surface area is 101 Å². The van der Waals surface area contributed by atoms with Gasteiger partial charge in [0.1, 0.15) is 6.54 Å². The number of ether oxygens (including phenoxy) is 2. The van der Waals surface area contributed by atoms with Gasteiger partial charge in [0.25, 0.3) is 0 Å². The number of carbonyl (C=O) groups excluding carboxylic acids is 1. The maximum atomic E-state index is 11.7. The second-order valence-corrected chi connectivity index (χ2v) is 3.56. The van der Waals surface area contributed by atoms with Gasteiger partial charge in [0.2, 0.25) is 5.91 Å². The minimum Gasteiger partial charge on any atom is -0.480 e. The lowest BCUT2D eigenvalue weighted by atomic mass is 10.3. The number of carboxylic acid groups (broad SMARTS) is 1. The first kappa shape index (κ1) is 15.9. The number of methoxy groups -OCH3 is 1. The third-order valence-electron chi connectivity index (χ3n) is 2.06. The van der Waals surface area contributed by atoms with E-state index in [9.17, 15) is 9.59 Å². The Bertz CT molecular complexity index is 232. The molecule has 6 nitrogen and oxygen atoms in total. The third-order valence-corrected chi connectivity index (χ3v) is 2.06. The Hall–Kier alpha value is -1.14. The van der Waals surface area contributed by atoms with Crippen molar-refractivity contribution >= 4 is 11.9 Å². The van der Waals surface area contributed by atoms with Crippen LogP contribution in [0.2, 0.25) is 0 Å². The molecule has 6 heteroatoms. The normalized spacial score (nSPS) is 10.2. The van der Waals surface area contributed by atoms with E-state index < -0.39 is 5.97 Å². The molecular formula is C11H21NO5. The predicted octanol–water partition coefficient (Wildman–Crippen LogP) is 0.363. The van der Waals surface area contributed by atoms with Crippen LogP contribution in [0.5, 0.6) is 0 Å². The first-order valence-corrected chi connectivity index (χ1v) is 5.68. The fraction of sp³-hybridized carbons (Fsp3) is 0.818. The van der Waals surface area contributed by atoms with Crippen molar-refractivity contribution < 1.29 is 24.2 Å². The first-order chi connectivity index (χ1) is 8.11. The van der Waals surface area contributed by atoms with Gasteiger partial charge in [-0.1, -0.05) is 6.92 Å². The van der Waals surface area contributed by atoms with Gasteiger partial charge < -0.3 is 19.5 Å². The van der Waals surface area contributed by atoms with Gasteiger partial charge in [0.15, 0.2) is 0 Å². The molecule has 0 saturated carbocycles. The molecule has 0 aliphatic rings. The molecule has 0 aliphatic heterocycles. The van der Waals surface area contributed by atoms with Crippen LogP contribution in [0.3, 0.4) is 0 Å². The highest BCUT2D eigenvalue weighted by molar-refractivity contribution is 5.81. The third kappa shape index (κ3) is 8.65. The van der Waals surface area contributed by atoms with E-state index in [0.717, 1.165) is 6.42 Å². The van der Waals surface area contributed by atoms with E-state index in [1.54, 1.807) is 7.11 Å². The number of amides is 1. The summed E-state index contributed by atoms with van der Waals surface area (Å²) in [4.78, 5) is 23.6. The number of rotatable bonds is 10. The number of carbonyl (C=O) groups is 2. The molecule has 0 fully saturated rings. The van der Waals surface area contributed by atoms with E-state index in [-0.39, 0.29) is 18.9 Å². The van der Waals surface area contributed by atoms with Gasteiger partial charge in [0, 0.05) is 13.7 Å². The van der Waals surface area contributed by atoms with Gasteiger partial charge in [0.05, 0.1) is 26.2 Å². The number of hydrogen-bond donors (Lipinski definition) is 1. The monoisotopic (exact) mass is 247 g/mol. The molecule has 1 amide bonds. The van der Waals surface area contributed by atoms with Gasteiger partial charge in [-0.05, 0) is 6.42 Å². The molecule has 0 aliphatic carbocycles. The van der Waals surface area contributed by atoms with E-state index >= 15 is 0 Å². The van der Waals surface area contributed by atoms with E-state index in [4.69, 9.17) is 14.6 Å². The minimum absolute atomic E-state index is 0.188. The summed E-state index contributed by atoms with van der Waals surface area (Å²) >= 11 is 0. The lowest BCUT2D eigenvalue weighted by Crippen LogP contribution is -2.36. The molecular weight excluding hydrogens is 226 g/mol. The zero-order valence-corrected chi connectivity index (χ0v) is 10.5. The summed E-state index contributed by atoms with van der Waals surface area (Å²) in [6.07, 6.45) is 0.945. The molecule has 0 heterocycles. The maximum Gasteiger partial charge on any atom is 0.323 e. The lowest BCUT2D eigenvalue weighted by molar-refractivity contribution is -0.145. The largest absolute Gasteiger partial charge is 0.480 e. The highest BCUT2D eigenvalue weighted by atomic mass is 16.5. The van der Waals surface area contributed by atoms with E-state index in [1.807, 2.05) is 6.92 Å². The summed E-state index contributed by atoms with van der Waals surface area (Å²) in [6, 6.07) is 0. The summed E-state index contributed by atoms with van der Waals surface area (Å²) < 4.78 is 9.95. The van der Waals surface area contributed by atoms with Gasteiger partial charge in [-0.2, -0.15) is 0 Å². The van der Waals surface area contributed by atoms with Crippen molar-refractivity contribution in [3.8, 4) is 0 Å². The van der Waals surface area contributed by atoms with Crippen LogP contribution in [-0.4, -0.2) is 61.9 Å². The fourth-order valence-electron chi connectivity index (χ4n) is 1.29. The van der Waals surface area contributed by atoms with Crippen molar-refractivity contribution in [3.05, 3.63) is 0 Å². The summed E-state index contributed by atoms with van der Waals surface area (Å²) in [6.45, 7) is 3.34. The van der Waals surface area contributed by atoms with Crippen molar-refractivity contribution in [1.82, 2.24) is 4.90 Å². The standard InChI is InChI=1S/C11H21NO5/c1-3-5-12(9-11(14)15)10(13)4-6-17-8-7-16-2/h3-9H2,1-2H3,(H,14,15). The average molecular weight is 247 g/mol. The van der Waals surface area contributed by atoms with Gasteiger partial charge in [-0.15, -0.1) is 0 Å². The molecule has 0 spiro atoms. The molecule has 17 heavy (non-hydrogen) atoms. The summed E-state index contributed by atoms with van der Waals surface area (Å²) in [7, 11) is 1.57. The van der Waals surface area contributed by atoms with Crippen molar-refractivity contribution in [2.24, 2.45) is 0 Å². The van der Waals surface area contributed by atoms with E-state index in [0.29, 0.717) is 26.4 Å². The van der Waals surface area contributed by atoms with Crippen LogP contribution in [0.15, 0.2) is 0 Å². The smallest absolute Gasteiger partial charge is 0.323 e.